The summed E-state index contributed by atoms with van der Waals surface area (Å²) in [5.74, 6) is -1.23. The Morgan fingerprint density at radius 3 is 2.35 bits per heavy atom. The van der Waals surface area contributed by atoms with E-state index in [-0.39, 0.29) is 23.1 Å². The van der Waals surface area contributed by atoms with E-state index in [0.717, 1.165) is 10.0 Å². The number of nitrogens with zero attached hydrogens (tertiary/aromatic N) is 2. The molecule has 1 aliphatic heterocycles. The van der Waals surface area contributed by atoms with E-state index in [9.17, 15) is 19.6 Å². The molecule has 37 heavy (non-hydrogen) atoms. The lowest BCUT2D eigenvalue weighted by Crippen LogP contribution is -2.30. The van der Waals surface area contributed by atoms with E-state index in [2.05, 4.69) is 21.2 Å². The normalized spacial score (nSPS) is 16.2. The SMILES string of the molecule is CCOC(=O)c1ccc(CC2S/C(=C(/C#N)C(=O)Nc3ccc(Br)cc3)N(c3ccccc3)C2=O)cc1. The highest BCUT2D eigenvalue weighted by molar-refractivity contribution is 9.10. The Kier molecular flexibility index (Phi) is 8.43. The molecule has 3 aromatic carbocycles. The molecule has 0 radical (unpaired) electrons. The van der Waals surface area contributed by atoms with Gasteiger partial charge in [0.05, 0.1) is 17.4 Å². The van der Waals surface area contributed by atoms with Crippen LogP contribution >= 0.6 is 27.7 Å². The van der Waals surface area contributed by atoms with Crippen LogP contribution in [0.25, 0.3) is 0 Å². The topological polar surface area (TPSA) is 99.5 Å². The Balaban J connectivity index is 1.64. The van der Waals surface area contributed by atoms with Gasteiger partial charge >= 0.3 is 5.97 Å². The van der Waals surface area contributed by atoms with Gasteiger partial charge in [-0.15, -0.1) is 0 Å². The van der Waals surface area contributed by atoms with Gasteiger partial charge in [0.25, 0.3) is 5.91 Å². The predicted octanol–water partition coefficient (Wildman–Crippen LogP) is 5.69. The van der Waals surface area contributed by atoms with Gasteiger partial charge in [-0.3, -0.25) is 14.5 Å². The number of benzene rings is 3. The number of carbonyl (C=O) groups is 3. The van der Waals surface area contributed by atoms with Crippen LogP contribution in [0, 0.1) is 11.3 Å². The standard InChI is InChI=1S/C28H22BrN3O4S/c1-2-36-28(35)19-10-8-18(9-11-19)16-24-26(34)32(22-6-4-3-5-7-22)27(37-24)23(17-30)25(33)31-21-14-12-20(29)13-15-21/h3-15,24H,2,16H2,1H3,(H,31,33)/b27-23-. The maximum Gasteiger partial charge on any atom is 0.338 e. The quantitative estimate of drug-likeness (QED) is 0.221. The molecule has 1 aliphatic rings. The van der Waals surface area contributed by atoms with Gasteiger partial charge in [0.1, 0.15) is 16.7 Å². The minimum absolute atomic E-state index is 0.148. The smallest absolute Gasteiger partial charge is 0.338 e. The number of para-hydroxylation sites is 1. The van der Waals surface area contributed by atoms with Gasteiger partial charge in [-0.05, 0) is 67.4 Å². The summed E-state index contributed by atoms with van der Waals surface area (Å²) >= 11 is 4.54. The number of halogens is 1. The minimum Gasteiger partial charge on any atom is -0.462 e. The molecule has 9 heteroatoms. The zero-order valence-electron chi connectivity index (χ0n) is 19.8. The van der Waals surface area contributed by atoms with Gasteiger partial charge in [-0.25, -0.2) is 4.79 Å². The van der Waals surface area contributed by atoms with Gasteiger partial charge in [0.15, 0.2) is 0 Å². The second-order valence-electron chi connectivity index (χ2n) is 7.99. The molecule has 1 atom stereocenters. The summed E-state index contributed by atoms with van der Waals surface area (Å²) in [6.45, 7) is 2.03. The molecule has 0 saturated carbocycles. The van der Waals surface area contributed by atoms with Crippen LogP contribution < -0.4 is 10.2 Å². The number of nitriles is 1. The lowest BCUT2D eigenvalue weighted by Gasteiger charge is -2.18. The van der Waals surface area contributed by atoms with Crippen molar-refractivity contribution >= 4 is 56.9 Å². The molecule has 1 unspecified atom stereocenters. The zero-order chi connectivity index (χ0) is 26.4. The average Bonchev–Trinajstić information content (AvgIpc) is 3.22. The Hall–Kier alpha value is -3.87. The van der Waals surface area contributed by atoms with Crippen molar-refractivity contribution < 1.29 is 19.1 Å². The third kappa shape index (κ3) is 6.10. The molecular formula is C28H22BrN3O4S. The van der Waals surface area contributed by atoms with Gasteiger partial charge in [-0.1, -0.05) is 58.0 Å². The van der Waals surface area contributed by atoms with Crippen LogP contribution in [-0.2, 0) is 20.7 Å². The molecule has 1 heterocycles. The van der Waals surface area contributed by atoms with Crippen molar-refractivity contribution in [3.05, 3.63) is 105 Å². The summed E-state index contributed by atoms with van der Waals surface area (Å²) in [4.78, 5) is 40.1. The first-order valence-corrected chi connectivity index (χ1v) is 13.1. The third-order valence-corrected chi connectivity index (χ3v) is 7.30. The van der Waals surface area contributed by atoms with Gasteiger partial charge in [-0.2, -0.15) is 5.26 Å². The number of rotatable bonds is 7. The number of nitrogens with one attached hydrogen (secondary N) is 1. The van der Waals surface area contributed by atoms with E-state index in [0.29, 0.717) is 23.4 Å². The van der Waals surface area contributed by atoms with E-state index < -0.39 is 17.1 Å². The summed E-state index contributed by atoms with van der Waals surface area (Å²) in [7, 11) is 0. The number of thioether (sulfide) groups is 1. The first-order valence-electron chi connectivity index (χ1n) is 11.4. The van der Waals surface area contributed by atoms with Gasteiger partial charge in [0, 0.05) is 15.8 Å². The highest BCUT2D eigenvalue weighted by Crippen LogP contribution is 2.42. The second kappa shape index (κ2) is 11.9. The molecule has 1 N–H and O–H groups in total. The average molecular weight is 576 g/mol. The van der Waals surface area contributed by atoms with Crippen molar-refractivity contribution in [2.45, 2.75) is 18.6 Å². The number of carbonyl (C=O) groups excluding carboxylic acids is 3. The zero-order valence-corrected chi connectivity index (χ0v) is 22.2. The lowest BCUT2D eigenvalue weighted by atomic mass is 10.1. The Labute approximate surface area is 227 Å². The van der Waals surface area contributed by atoms with Crippen molar-refractivity contribution in [1.29, 1.82) is 5.26 Å². The summed E-state index contributed by atoms with van der Waals surface area (Å²) in [6.07, 6.45) is 0.354. The second-order valence-corrected chi connectivity index (χ2v) is 10.1. The van der Waals surface area contributed by atoms with E-state index in [1.165, 1.54) is 16.7 Å². The molecule has 0 aliphatic carbocycles. The maximum absolute atomic E-state index is 13.6. The first kappa shape index (κ1) is 26.2. The summed E-state index contributed by atoms with van der Waals surface area (Å²) in [6, 6.07) is 24.8. The van der Waals surface area contributed by atoms with Crippen LogP contribution in [0.4, 0.5) is 11.4 Å². The Morgan fingerprint density at radius 1 is 1.05 bits per heavy atom. The maximum atomic E-state index is 13.6. The van der Waals surface area contributed by atoms with Crippen molar-refractivity contribution in [2.75, 3.05) is 16.8 Å². The molecule has 1 fully saturated rings. The largest absolute Gasteiger partial charge is 0.462 e. The molecule has 7 nitrogen and oxygen atoms in total. The van der Waals surface area contributed by atoms with Crippen LogP contribution in [0.2, 0.25) is 0 Å². The molecule has 3 aromatic rings. The van der Waals surface area contributed by atoms with E-state index in [1.54, 1.807) is 79.7 Å². The third-order valence-electron chi connectivity index (χ3n) is 5.51. The van der Waals surface area contributed by atoms with Gasteiger partial charge in [0.2, 0.25) is 5.91 Å². The Morgan fingerprint density at radius 2 is 1.73 bits per heavy atom. The van der Waals surface area contributed by atoms with Crippen LogP contribution in [-0.4, -0.2) is 29.6 Å². The molecule has 0 bridgehead atoms. The van der Waals surface area contributed by atoms with Crippen LogP contribution in [0.5, 0.6) is 0 Å². The number of anilines is 2. The molecular weight excluding hydrogens is 554 g/mol. The molecule has 4 rings (SSSR count). The molecule has 2 amide bonds. The van der Waals surface area contributed by atoms with Crippen LogP contribution in [0.3, 0.4) is 0 Å². The van der Waals surface area contributed by atoms with Crippen molar-refractivity contribution in [3.63, 3.8) is 0 Å². The number of amides is 2. The van der Waals surface area contributed by atoms with E-state index >= 15 is 0 Å². The Bertz CT molecular complexity index is 1380. The van der Waals surface area contributed by atoms with Gasteiger partial charge < -0.3 is 10.1 Å². The highest BCUT2D eigenvalue weighted by atomic mass is 79.9. The lowest BCUT2D eigenvalue weighted by molar-refractivity contribution is -0.117. The van der Waals surface area contributed by atoms with Crippen LogP contribution in [0.1, 0.15) is 22.8 Å². The number of esters is 1. The summed E-state index contributed by atoms with van der Waals surface area (Å²) in [5.41, 5.74) is 2.22. The van der Waals surface area contributed by atoms with Crippen LogP contribution in [0.15, 0.2) is 93.9 Å². The van der Waals surface area contributed by atoms with E-state index in [1.807, 2.05) is 12.1 Å². The number of hydrogen-bond acceptors (Lipinski definition) is 6. The van der Waals surface area contributed by atoms with Crippen molar-refractivity contribution in [3.8, 4) is 6.07 Å². The van der Waals surface area contributed by atoms with E-state index in [4.69, 9.17) is 4.74 Å². The monoisotopic (exact) mass is 575 g/mol. The fourth-order valence-electron chi connectivity index (χ4n) is 3.73. The van der Waals surface area contributed by atoms with Crippen molar-refractivity contribution in [1.82, 2.24) is 0 Å². The summed E-state index contributed by atoms with van der Waals surface area (Å²) < 4.78 is 5.88. The number of hydrogen-bond donors (Lipinski definition) is 1. The predicted molar refractivity (Wildman–Crippen MR) is 147 cm³/mol. The van der Waals surface area contributed by atoms with Crippen molar-refractivity contribution in [2.24, 2.45) is 0 Å². The molecule has 0 aromatic heterocycles. The minimum atomic E-state index is -0.597. The molecule has 1 saturated heterocycles. The fourth-order valence-corrected chi connectivity index (χ4v) is 5.30. The molecule has 0 spiro atoms. The molecule has 186 valence electrons. The summed E-state index contributed by atoms with van der Waals surface area (Å²) in [5, 5.41) is 12.4. The first-order chi connectivity index (χ1) is 17.9. The number of ether oxygens (including phenoxy) is 1. The highest BCUT2D eigenvalue weighted by Gasteiger charge is 2.40. The fraction of sp³-hybridized carbons (Fsp3) is 0.143.